The molecule has 0 spiro atoms. The maximum atomic E-state index is 13.7. The van der Waals surface area contributed by atoms with Gasteiger partial charge in [0.15, 0.2) is 12.5 Å². The molecule has 0 aliphatic carbocycles. The van der Waals surface area contributed by atoms with E-state index in [1.165, 1.54) is 16.8 Å². The zero-order valence-electron chi connectivity index (χ0n) is 18.4. The maximum Gasteiger partial charge on any atom is 0.434 e. The fourth-order valence-electron chi connectivity index (χ4n) is 3.87. The predicted molar refractivity (Wildman–Crippen MR) is 121 cm³/mol. The van der Waals surface area contributed by atoms with Gasteiger partial charge in [-0.1, -0.05) is 56.0 Å². The van der Waals surface area contributed by atoms with Crippen LogP contribution in [0.15, 0.2) is 47.4 Å². The zero-order chi connectivity index (χ0) is 23.1. The van der Waals surface area contributed by atoms with Crippen molar-refractivity contribution in [3.63, 3.8) is 0 Å². The number of ether oxygens (including phenoxy) is 2. The standard InChI is InChI=1S/C22H30N3O7P/c26-15-21-29-16-20(31-21)25-13-12-19(23-22(25)27)24-33(28)30-14-8-3-1-2-7-11-18(32-33)17-9-5-4-6-10-17/h4-6,9-10,12-13,18,20-21,26H,1-3,7-8,11,14-16H2,(H,23,24,27,28). The van der Waals surface area contributed by atoms with Gasteiger partial charge in [0.05, 0.1) is 25.9 Å². The van der Waals surface area contributed by atoms with Crippen LogP contribution in [-0.4, -0.2) is 40.8 Å². The second-order valence-electron chi connectivity index (χ2n) is 8.04. The van der Waals surface area contributed by atoms with Crippen molar-refractivity contribution in [2.75, 3.05) is 24.9 Å². The smallest absolute Gasteiger partial charge is 0.391 e. The van der Waals surface area contributed by atoms with E-state index in [1.807, 2.05) is 30.3 Å². The van der Waals surface area contributed by atoms with Gasteiger partial charge in [-0.2, -0.15) is 4.98 Å². The Morgan fingerprint density at radius 2 is 1.91 bits per heavy atom. The van der Waals surface area contributed by atoms with Crippen LogP contribution in [0.5, 0.6) is 0 Å². The van der Waals surface area contributed by atoms with Gasteiger partial charge in [-0.25, -0.2) is 9.36 Å². The molecule has 10 nitrogen and oxygen atoms in total. The van der Waals surface area contributed by atoms with Crippen LogP contribution >= 0.6 is 7.75 Å². The Labute approximate surface area is 192 Å². The van der Waals surface area contributed by atoms with E-state index >= 15 is 0 Å². The lowest BCUT2D eigenvalue weighted by Gasteiger charge is -2.25. The van der Waals surface area contributed by atoms with Crippen molar-refractivity contribution in [2.45, 2.75) is 57.1 Å². The number of aliphatic hydroxyl groups is 1. The molecule has 2 aliphatic heterocycles. The van der Waals surface area contributed by atoms with E-state index in [4.69, 9.17) is 23.6 Å². The normalized spacial score (nSPS) is 29.3. The summed E-state index contributed by atoms with van der Waals surface area (Å²) in [4.78, 5) is 16.6. The van der Waals surface area contributed by atoms with E-state index in [0.717, 1.165) is 37.7 Å². The Balaban J connectivity index is 1.53. The first-order chi connectivity index (χ1) is 16.1. The van der Waals surface area contributed by atoms with Crippen molar-refractivity contribution in [2.24, 2.45) is 0 Å². The highest BCUT2D eigenvalue weighted by Crippen LogP contribution is 2.52. The average molecular weight is 479 g/mol. The summed E-state index contributed by atoms with van der Waals surface area (Å²) in [5.41, 5.74) is 0.304. The number of nitrogens with one attached hydrogen (secondary N) is 1. The Morgan fingerprint density at radius 1 is 1.12 bits per heavy atom. The number of hydrogen-bond acceptors (Lipinski definition) is 8. The molecule has 11 heteroatoms. The van der Waals surface area contributed by atoms with Crippen LogP contribution < -0.4 is 10.8 Å². The molecule has 2 aromatic rings. The topological polar surface area (TPSA) is 121 Å². The molecule has 4 atom stereocenters. The number of benzene rings is 1. The highest BCUT2D eigenvalue weighted by Gasteiger charge is 2.32. The number of nitrogens with zero attached hydrogens (tertiary/aromatic N) is 2. The van der Waals surface area contributed by atoms with Crippen LogP contribution in [0.2, 0.25) is 0 Å². The fraction of sp³-hybridized carbons (Fsp3) is 0.545. The van der Waals surface area contributed by atoms with Crippen molar-refractivity contribution < 1.29 is 28.2 Å². The maximum absolute atomic E-state index is 13.7. The molecule has 3 heterocycles. The van der Waals surface area contributed by atoms with E-state index in [1.54, 1.807) is 0 Å². The van der Waals surface area contributed by atoms with Gasteiger partial charge in [0, 0.05) is 6.20 Å². The molecule has 0 bridgehead atoms. The summed E-state index contributed by atoms with van der Waals surface area (Å²) in [7, 11) is -3.82. The first-order valence-corrected chi connectivity index (χ1v) is 12.8. The summed E-state index contributed by atoms with van der Waals surface area (Å²) in [5, 5.41) is 11.9. The van der Waals surface area contributed by atoms with Crippen LogP contribution in [0.4, 0.5) is 5.82 Å². The number of aromatic nitrogens is 2. The summed E-state index contributed by atoms with van der Waals surface area (Å²) < 4.78 is 37.4. The number of aliphatic hydroxyl groups excluding tert-OH is 1. The Kier molecular flexibility index (Phi) is 8.29. The monoisotopic (exact) mass is 479 g/mol. The number of anilines is 1. The molecule has 2 saturated heterocycles. The van der Waals surface area contributed by atoms with Crippen LogP contribution in [0, 0.1) is 0 Å². The van der Waals surface area contributed by atoms with Crippen molar-refractivity contribution in [1.82, 2.24) is 9.55 Å². The minimum Gasteiger partial charge on any atom is -0.391 e. The quantitative estimate of drug-likeness (QED) is 0.618. The lowest BCUT2D eigenvalue weighted by Crippen LogP contribution is -2.28. The van der Waals surface area contributed by atoms with Crippen molar-refractivity contribution in [3.05, 3.63) is 58.6 Å². The second-order valence-corrected chi connectivity index (χ2v) is 9.73. The molecule has 2 aliphatic rings. The minimum atomic E-state index is -3.82. The first-order valence-electron chi connectivity index (χ1n) is 11.3. The van der Waals surface area contributed by atoms with Gasteiger partial charge < -0.3 is 14.6 Å². The molecule has 1 aromatic heterocycles. The minimum absolute atomic E-state index is 0.0823. The van der Waals surface area contributed by atoms with Gasteiger partial charge in [0.2, 0.25) is 0 Å². The Hall–Kier alpha value is -2.07. The largest absolute Gasteiger partial charge is 0.434 e. The Morgan fingerprint density at radius 3 is 2.67 bits per heavy atom. The van der Waals surface area contributed by atoms with Crippen LogP contribution in [-0.2, 0) is 23.1 Å². The van der Waals surface area contributed by atoms with E-state index in [2.05, 4.69) is 10.1 Å². The summed E-state index contributed by atoms with van der Waals surface area (Å²) in [6, 6.07) is 11.1. The van der Waals surface area contributed by atoms with Gasteiger partial charge in [0.25, 0.3) is 0 Å². The molecule has 180 valence electrons. The molecular formula is C22H30N3O7P. The second kappa shape index (κ2) is 11.4. The highest BCUT2D eigenvalue weighted by molar-refractivity contribution is 7.55. The predicted octanol–water partition coefficient (Wildman–Crippen LogP) is 3.76. The summed E-state index contributed by atoms with van der Waals surface area (Å²) in [6.45, 7) is 0.0838. The third-order valence-corrected chi connectivity index (χ3v) is 7.14. The first kappa shape index (κ1) is 24.1. The molecule has 4 unspecified atom stereocenters. The molecule has 33 heavy (non-hydrogen) atoms. The number of hydrogen-bond donors (Lipinski definition) is 2. The van der Waals surface area contributed by atoms with Gasteiger partial charge in [-0.15, -0.1) is 0 Å². The molecular weight excluding hydrogens is 449 g/mol. The van der Waals surface area contributed by atoms with Crippen LogP contribution in [0.3, 0.4) is 0 Å². The van der Waals surface area contributed by atoms with Crippen LogP contribution in [0.25, 0.3) is 0 Å². The van der Waals surface area contributed by atoms with E-state index in [0.29, 0.717) is 6.42 Å². The van der Waals surface area contributed by atoms with Gasteiger partial charge in [0.1, 0.15) is 5.82 Å². The van der Waals surface area contributed by atoms with Gasteiger partial charge in [-0.3, -0.25) is 18.7 Å². The molecule has 4 rings (SSSR count). The third kappa shape index (κ3) is 6.50. The molecule has 0 saturated carbocycles. The molecule has 2 fully saturated rings. The van der Waals surface area contributed by atoms with E-state index in [9.17, 15) is 9.36 Å². The van der Waals surface area contributed by atoms with Crippen molar-refractivity contribution >= 4 is 13.6 Å². The summed E-state index contributed by atoms with van der Waals surface area (Å²) >= 11 is 0. The van der Waals surface area contributed by atoms with E-state index in [-0.39, 0.29) is 25.6 Å². The fourth-order valence-corrected chi connectivity index (χ4v) is 5.39. The van der Waals surface area contributed by atoms with Crippen molar-refractivity contribution in [1.29, 1.82) is 0 Å². The molecule has 1 aromatic carbocycles. The van der Waals surface area contributed by atoms with E-state index < -0.39 is 32.1 Å². The lowest BCUT2D eigenvalue weighted by atomic mass is 10.0. The molecule has 0 amide bonds. The highest BCUT2D eigenvalue weighted by atomic mass is 31.2. The third-order valence-electron chi connectivity index (χ3n) is 5.58. The molecule has 2 N–H and O–H groups in total. The summed E-state index contributed by atoms with van der Waals surface area (Å²) in [5.74, 6) is 0.0823. The van der Waals surface area contributed by atoms with Crippen LogP contribution in [0.1, 0.15) is 56.4 Å². The lowest BCUT2D eigenvalue weighted by molar-refractivity contribution is -0.0992. The Bertz CT molecular complexity index is 1000. The van der Waals surface area contributed by atoms with Crippen molar-refractivity contribution in [3.8, 4) is 0 Å². The summed E-state index contributed by atoms with van der Waals surface area (Å²) in [6.07, 6.45) is 5.17. The molecule has 0 radical (unpaired) electrons. The van der Waals surface area contributed by atoms with Gasteiger partial charge >= 0.3 is 13.4 Å². The number of rotatable bonds is 5. The average Bonchev–Trinajstić information content (AvgIpc) is 3.28. The zero-order valence-corrected chi connectivity index (χ0v) is 19.3. The SMILES string of the molecule is O=c1nc(NP2(=O)OCCCCCCCC(c3ccccc3)O2)ccn1C1COC(CO)O1. The van der Waals surface area contributed by atoms with Gasteiger partial charge in [-0.05, 0) is 24.5 Å².